The van der Waals surface area contributed by atoms with E-state index < -0.39 is 17.7 Å². The Labute approximate surface area is 110 Å². The molecule has 1 unspecified atom stereocenters. The lowest BCUT2D eigenvalue weighted by atomic mass is 9.96. The Balaban J connectivity index is 2.53. The second kappa shape index (κ2) is 5.45. The van der Waals surface area contributed by atoms with Gasteiger partial charge in [0.2, 0.25) is 0 Å². The Morgan fingerprint density at radius 2 is 1.74 bits per heavy atom. The standard InChI is InChI=1S/C15H14F3N/c1-9-4-3-5-12(14(9)18)15(19-2)11-7-6-10(16)8-13(11)17/h3-8,15,19H,1-2H3. The predicted octanol–water partition coefficient (Wildman–Crippen LogP) is 3.72. The van der Waals surface area contributed by atoms with E-state index >= 15 is 0 Å². The Hall–Kier alpha value is -1.81. The first kappa shape index (κ1) is 13.6. The molecule has 4 heteroatoms. The van der Waals surface area contributed by atoms with Gasteiger partial charge in [0.25, 0.3) is 0 Å². The second-order valence-electron chi connectivity index (χ2n) is 4.37. The van der Waals surface area contributed by atoms with Crippen molar-refractivity contribution in [2.24, 2.45) is 0 Å². The number of nitrogens with one attached hydrogen (secondary N) is 1. The number of aryl methyl sites for hydroxylation is 1. The number of hydrogen-bond donors (Lipinski definition) is 1. The first-order chi connectivity index (χ1) is 9.04. The van der Waals surface area contributed by atoms with E-state index in [9.17, 15) is 13.2 Å². The van der Waals surface area contributed by atoms with Crippen LogP contribution in [0.1, 0.15) is 22.7 Å². The molecule has 1 N–H and O–H groups in total. The zero-order valence-corrected chi connectivity index (χ0v) is 10.7. The molecule has 2 aromatic carbocycles. The molecule has 0 amide bonds. The summed E-state index contributed by atoms with van der Waals surface area (Å²) in [5, 5.41) is 2.86. The van der Waals surface area contributed by atoms with Gasteiger partial charge in [-0.15, -0.1) is 0 Å². The molecule has 0 saturated carbocycles. The van der Waals surface area contributed by atoms with Gasteiger partial charge < -0.3 is 5.32 Å². The lowest BCUT2D eigenvalue weighted by Crippen LogP contribution is -2.20. The van der Waals surface area contributed by atoms with Gasteiger partial charge in [-0.1, -0.05) is 24.3 Å². The van der Waals surface area contributed by atoms with Crippen molar-refractivity contribution in [2.75, 3.05) is 7.05 Å². The fourth-order valence-corrected chi connectivity index (χ4v) is 2.11. The first-order valence-corrected chi connectivity index (χ1v) is 5.92. The van der Waals surface area contributed by atoms with Crippen LogP contribution in [0.4, 0.5) is 13.2 Å². The van der Waals surface area contributed by atoms with E-state index in [1.165, 1.54) is 6.07 Å². The van der Waals surface area contributed by atoms with Crippen molar-refractivity contribution in [1.29, 1.82) is 0 Å². The van der Waals surface area contributed by atoms with Crippen LogP contribution in [0.5, 0.6) is 0 Å². The number of benzene rings is 2. The first-order valence-electron chi connectivity index (χ1n) is 5.92. The molecule has 1 nitrogen and oxygen atoms in total. The van der Waals surface area contributed by atoms with Gasteiger partial charge in [0.05, 0.1) is 6.04 Å². The molecule has 0 saturated heterocycles. The minimum Gasteiger partial charge on any atom is -0.309 e. The van der Waals surface area contributed by atoms with Crippen LogP contribution in [-0.4, -0.2) is 7.05 Å². The number of hydrogen-bond acceptors (Lipinski definition) is 1. The molecular weight excluding hydrogens is 251 g/mol. The van der Waals surface area contributed by atoms with Crippen molar-refractivity contribution < 1.29 is 13.2 Å². The Morgan fingerprint density at radius 1 is 1.00 bits per heavy atom. The summed E-state index contributed by atoms with van der Waals surface area (Å²) in [7, 11) is 1.61. The molecule has 2 aromatic rings. The van der Waals surface area contributed by atoms with E-state index in [4.69, 9.17) is 0 Å². The van der Waals surface area contributed by atoms with Crippen LogP contribution in [0, 0.1) is 24.4 Å². The second-order valence-corrected chi connectivity index (χ2v) is 4.37. The average Bonchev–Trinajstić information content (AvgIpc) is 2.37. The van der Waals surface area contributed by atoms with Crippen molar-refractivity contribution >= 4 is 0 Å². The molecule has 0 aromatic heterocycles. The molecule has 0 fully saturated rings. The number of rotatable bonds is 3. The summed E-state index contributed by atoms with van der Waals surface area (Å²) in [5.41, 5.74) is 1.04. The van der Waals surface area contributed by atoms with Crippen LogP contribution in [0.15, 0.2) is 36.4 Å². The fourth-order valence-electron chi connectivity index (χ4n) is 2.11. The molecule has 1 atom stereocenters. The van der Waals surface area contributed by atoms with Gasteiger partial charge in [-0.3, -0.25) is 0 Å². The normalized spacial score (nSPS) is 12.5. The SMILES string of the molecule is CNC(c1ccc(F)cc1F)c1cccc(C)c1F. The molecule has 0 bridgehead atoms. The highest BCUT2D eigenvalue weighted by molar-refractivity contribution is 5.36. The van der Waals surface area contributed by atoms with Crippen LogP contribution >= 0.6 is 0 Å². The zero-order valence-electron chi connectivity index (χ0n) is 10.7. The Morgan fingerprint density at radius 3 is 2.37 bits per heavy atom. The Bertz CT molecular complexity index is 596. The Kier molecular flexibility index (Phi) is 3.90. The maximum absolute atomic E-state index is 14.1. The third-order valence-electron chi connectivity index (χ3n) is 3.09. The fraction of sp³-hybridized carbons (Fsp3) is 0.200. The smallest absolute Gasteiger partial charge is 0.131 e. The van der Waals surface area contributed by atoms with E-state index in [2.05, 4.69) is 5.32 Å². The van der Waals surface area contributed by atoms with Crippen molar-refractivity contribution in [3.8, 4) is 0 Å². The largest absolute Gasteiger partial charge is 0.309 e. The van der Waals surface area contributed by atoms with Crippen molar-refractivity contribution in [3.05, 3.63) is 70.5 Å². The third kappa shape index (κ3) is 2.63. The summed E-state index contributed by atoms with van der Waals surface area (Å²) < 4.78 is 40.8. The molecule has 0 heterocycles. The quantitative estimate of drug-likeness (QED) is 0.891. The third-order valence-corrected chi connectivity index (χ3v) is 3.09. The zero-order chi connectivity index (χ0) is 14.0. The lowest BCUT2D eigenvalue weighted by molar-refractivity contribution is 0.532. The molecule has 0 aliphatic carbocycles. The average molecular weight is 265 g/mol. The molecular formula is C15H14F3N. The van der Waals surface area contributed by atoms with Crippen LogP contribution < -0.4 is 5.32 Å². The van der Waals surface area contributed by atoms with Gasteiger partial charge in [0, 0.05) is 17.2 Å². The molecule has 19 heavy (non-hydrogen) atoms. The van der Waals surface area contributed by atoms with Crippen LogP contribution in [-0.2, 0) is 0 Å². The van der Waals surface area contributed by atoms with E-state index in [-0.39, 0.29) is 11.4 Å². The minimum atomic E-state index is -0.694. The summed E-state index contributed by atoms with van der Waals surface area (Å²) >= 11 is 0. The summed E-state index contributed by atoms with van der Waals surface area (Å²) in [4.78, 5) is 0. The topological polar surface area (TPSA) is 12.0 Å². The molecule has 0 aliphatic rings. The number of halogens is 3. The lowest BCUT2D eigenvalue weighted by Gasteiger charge is -2.19. The van der Waals surface area contributed by atoms with Gasteiger partial charge in [0.1, 0.15) is 17.5 Å². The maximum atomic E-state index is 14.1. The monoisotopic (exact) mass is 265 g/mol. The highest BCUT2D eigenvalue weighted by atomic mass is 19.1. The van der Waals surface area contributed by atoms with Crippen LogP contribution in [0.3, 0.4) is 0 Å². The van der Waals surface area contributed by atoms with E-state index in [1.807, 2.05) is 0 Å². The van der Waals surface area contributed by atoms with Gasteiger partial charge in [-0.25, -0.2) is 13.2 Å². The van der Waals surface area contributed by atoms with E-state index in [0.717, 1.165) is 12.1 Å². The van der Waals surface area contributed by atoms with Crippen molar-refractivity contribution in [1.82, 2.24) is 5.32 Å². The maximum Gasteiger partial charge on any atom is 0.131 e. The van der Waals surface area contributed by atoms with E-state index in [0.29, 0.717) is 11.1 Å². The van der Waals surface area contributed by atoms with Crippen LogP contribution in [0.25, 0.3) is 0 Å². The van der Waals surface area contributed by atoms with Gasteiger partial charge in [-0.05, 0) is 25.6 Å². The van der Waals surface area contributed by atoms with Gasteiger partial charge in [0.15, 0.2) is 0 Å². The van der Waals surface area contributed by atoms with E-state index in [1.54, 1.807) is 32.2 Å². The van der Waals surface area contributed by atoms with Crippen molar-refractivity contribution in [2.45, 2.75) is 13.0 Å². The minimum absolute atomic E-state index is 0.216. The van der Waals surface area contributed by atoms with Crippen molar-refractivity contribution in [3.63, 3.8) is 0 Å². The molecule has 0 spiro atoms. The molecule has 2 rings (SSSR count). The highest BCUT2D eigenvalue weighted by Gasteiger charge is 2.20. The predicted molar refractivity (Wildman–Crippen MR) is 68.4 cm³/mol. The molecule has 100 valence electrons. The van der Waals surface area contributed by atoms with Gasteiger partial charge in [-0.2, -0.15) is 0 Å². The summed E-state index contributed by atoms with van der Waals surface area (Å²) in [6, 6.07) is 7.58. The molecule has 0 aliphatic heterocycles. The highest BCUT2D eigenvalue weighted by Crippen LogP contribution is 2.27. The van der Waals surface area contributed by atoms with Crippen LogP contribution in [0.2, 0.25) is 0 Å². The summed E-state index contributed by atoms with van der Waals surface area (Å²) in [5.74, 6) is -1.73. The molecule has 0 radical (unpaired) electrons. The van der Waals surface area contributed by atoms with Gasteiger partial charge >= 0.3 is 0 Å². The summed E-state index contributed by atoms with van der Waals surface area (Å²) in [6.45, 7) is 1.65. The summed E-state index contributed by atoms with van der Waals surface area (Å²) in [6.07, 6.45) is 0.